The van der Waals surface area contributed by atoms with Crippen molar-refractivity contribution in [2.75, 3.05) is 31.8 Å². The first kappa shape index (κ1) is 24.1. The number of ether oxygens (including phenoxy) is 1. The number of piperidine rings is 1. The van der Waals surface area contributed by atoms with Crippen molar-refractivity contribution >= 4 is 16.9 Å². The zero-order chi connectivity index (χ0) is 24.5. The van der Waals surface area contributed by atoms with Crippen LogP contribution in [-0.4, -0.2) is 65.5 Å². The minimum atomic E-state index is -4.65. The number of pyridine rings is 1. The molecule has 1 atom stereocenters. The summed E-state index contributed by atoms with van der Waals surface area (Å²) in [5, 5.41) is 3.12. The molecule has 13 heteroatoms. The largest absolute Gasteiger partial charge is 0.481 e. The van der Waals surface area contributed by atoms with Gasteiger partial charge in [-0.2, -0.15) is 13.2 Å². The number of nitrogens with one attached hydrogen (secondary N) is 1. The van der Waals surface area contributed by atoms with E-state index in [4.69, 9.17) is 4.74 Å². The Morgan fingerprint density at radius 2 is 1.94 bits per heavy atom. The first-order valence-electron chi connectivity index (χ1n) is 10.5. The van der Waals surface area contributed by atoms with Gasteiger partial charge in [-0.05, 0) is 25.8 Å². The van der Waals surface area contributed by atoms with Crippen molar-refractivity contribution in [1.82, 2.24) is 28.8 Å². The average molecular weight is 496 g/mol. The molecule has 34 heavy (non-hydrogen) atoms. The first-order chi connectivity index (χ1) is 16.2. The van der Waals surface area contributed by atoms with Gasteiger partial charge in [0.05, 0.1) is 30.1 Å². The fourth-order valence-corrected chi connectivity index (χ4v) is 4.59. The number of nitrogens with zero attached hydrogens (tertiary/aromatic N) is 6. The lowest BCUT2D eigenvalue weighted by Gasteiger charge is -2.30. The van der Waals surface area contributed by atoms with E-state index in [1.54, 1.807) is 30.0 Å². The van der Waals surface area contributed by atoms with Crippen LogP contribution >= 0.6 is 0 Å². The number of halogens is 3. The molecule has 0 amide bonds. The second-order valence-corrected chi connectivity index (χ2v) is 9.22. The highest BCUT2D eigenvalue weighted by atomic mass is 32.2. The Morgan fingerprint density at radius 3 is 2.59 bits per heavy atom. The van der Waals surface area contributed by atoms with Gasteiger partial charge in [-0.3, -0.25) is 0 Å². The van der Waals surface area contributed by atoms with Crippen LogP contribution in [0.2, 0.25) is 0 Å². The molecule has 0 saturated carbocycles. The van der Waals surface area contributed by atoms with Crippen molar-refractivity contribution < 1.29 is 22.1 Å². The van der Waals surface area contributed by atoms with Gasteiger partial charge in [0.15, 0.2) is 0 Å². The van der Waals surface area contributed by atoms with Crippen LogP contribution in [-0.2, 0) is 17.2 Å². The van der Waals surface area contributed by atoms with Crippen molar-refractivity contribution in [2.24, 2.45) is 0 Å². The number of anilines is 1. The van der Waals surface area contributed by atoms with Crippen LogP contribution in [0.1, 0.15) is 24.0 Å². The van der Waals surface area contributed by atoms with Gasteiger partial charge < -0.3 is 14.6 Å². The number of imidazole rings is 1. The number of hydrogen-bond acceptors (Lipinski definition) is 7. The molecule has 182 valence electrons. The maximum atomic E-state index is 13.7. The molecule has 0 bridgehead atoms. The summed E-state index contributed by atoms with van der Waals surface area (Å²) in [6.45, 7) is 3.04. The minimum absolute atomic E-state index is 0.0334. The van der Waals surface area contributed by atoms with Crippen molar-refractivity contribution in [3.63, 3.8) is 0 Å². The van der Waals surface area contributed by atoms with Crippen LogP contribution in [0, 0.1) is 6.92 Å². The number of alkyl halides is 3. The molecule has 0 aliphatic carbocycles. The monoisotopic (exact) mass is 495 g/mol. The molecule has 1 fully saturated rings. The minimum Gasteiger partial charge on any atom is -0.481 e. The van der Waals surface area contributed by atoms with Crippen molar-refractivity contribution in [3.8, 4) is 23.0 Å². The van der Waals surface area contributed by atoms with Gasteiger partial charge in [0.1, 0.15) is 17.0 Å². The maximum absolute atomic E-state index is 13.7. The zero-order valence-electron chi connectivity index (χ0n) is 18.8. The predicted octanol–water partition coefficient (Wildman–Crippen LogP) is 3.23. The third-order valence-corrected chi connectivity index (χ3v) is 6.76. The Balaban J connectivity index is 1.64. The SMILES string of the molecule is COc1nccc(-n2cnc(-c3nc(NC4CCN(S(C)=O)CC4)ncc3C(F)(F)F)c2)c1C. The first-order valence-corrected chi connectivity index (χ1v) is 12.0. The zero-order valence-corrected chi connectivity index (χ0v) is 19.7. The Hall–Kier alpha value is -3.06. The van der Waals surface area contributed by atoms with E-state index >= 15 is 0 Å². The molecule has 1 unspecified atom stereocenters. The van der Waals surface area contributed by atoms with E-state index in [1.807, 2.05) is 4.31 Å². The van der Waals surface area contributed by atoms with E-state index in [2.05, 4.69) is 25.3 Å². The van der Waals surface area contributed by atoms with Crippen molar-refractivity contribution in [1.29, 1.82) is 0 Å². The van der Waals surface area contributed by atoms with Crippen molar-refractivity contribution in [2.45, 2.75) is 32.0 Å². The van der Waals surface area contributed by atoms with Crippen LogP contribution < -0.4 is 10.1 Å². The van der Waals surface area contributed by atoms with Crippen LogP contribution in [0.4, 0.5) is 19.1 Å². The highest BCUT2D eigenvalue weighted by Gasteiger charge is 2.36. The number of methoxy groups -OCH3 is 1. The molecule has 0 radical (unpaired) electrons. The number of hydrogen-bond donors (Lipinski definition) is 1. The molecule has 4 heterocycles. The lowest BCUT2D eigenvalue weighted by atomic mass is 10.1. The van der Waals surface area contributed by atoms with Crippen molar-refractivity contribution in [3.05, 3.63) is 42.1 Å². The van der Waals surface area contributed by atoms with E-state index in [1.165, 1.54) is 19.6 Å². The summed E-state index contributed by atoms with van der Waals surface area (Å²) in [6, 6.07) is 1.69. The Kier molecular flexibility index (Phi) is 6.84. The molecule has 1 saturated heterocycles. The quantitative estimate of drug-likeness (QED) is 0.561. The van der Waals surface area contributed by atoms with E-state index in [9.17, 15) is 17.4 Å². The maximum Gasteiger partial charge on any atom is 0.420 e. The van der Waals surface area contributed by atoms with Gasteiger partial charge in [0.25, 0.3) is 0 Å². The fourth-order valence-electron chi connectivity index (χ4n) is 3.86. The van der Waals surface area contributed by atoms with Crippen LogP contribution in [0.25, 0.3) is 17.1 Å². The van der Waals surface area contributed by atoms with Gasteiger partial charge in [0, 0.05) is 49.5 Å². The summed E-state index contributed by atoms with van der Waals surface area (Å²) in [6.07, 6.45) is 3.57. The molecule has 4 rings (SSSR count). The normalized spacial score (nSPS) is 16.4. The number of aromatic nitrogens is 5. The van der Waals surface area contributed by atoms with Crippen LogP contribution in [0.15, 0.2) is 31.0 Å². The smallest absolute Gasteiger partial charge is 0.420 e. The predicted molar refractivity (Wildman–Crippen MR) is 121 cm³/mol. The second kappa shape index (κ2) is 9.66. The lowest BCUT2D eigenvalue weighted by Crippen LogP contribution is -2.39. The summed E-state index contributed by atoms with van der Waals surface area (Å²) in [5.74, 6) is 0.505. The molecule has 1 N–H and O–H groups in total. The Labute approximate surface area is 197 Å². The van der Waals surface area contributed by atoms with Gasteiger partial charge >= 0.3 is 6.18 Å². The van der Waals surface area contributed by atoms with Gasteiger partial charge in [-0.1, -0.05) is 0 Å². The van der Waals surface area contributed by atoms with Crippen LogP contribution in [0.5, 0.6) is 5.88 Å². The lowest BCUT2D eigenvalue weighted by molar-refractivity contribution is -0.137. The summed E-state index contributed by atoms with van der Waals surface area (Å²) < 4.78 is 61.5. The molecule has 1 aliphatic heterocycles. The van der Waals surface area contributed by atoms with Crippen LogP contribution in [0.3, 0.4) is 0 Å². The topological polar surface area (TPSA) is 98.1 Å². The molecular formula is C21H24F3N7O2S. The summed E-state index contributed by atoms with van der Waals surface area (Å²) >= 11 is 0. The standard InChI is InChI=1S/C21H24F3N7O2S/c1-13-17(4-7-25-19(13)33-2)30-11-16(27-12-30)18-15(21(22,23)24)10-26-20(29-18)28-14-5-8-31(9-6-14)34(3)32/h4,7,10-12,14H,5-6,8-9H2,1-3H3,(H,26,28,29). The summed E-state index contributed by atoms with van der Waals surface area (Å²) in [5.41, 5.74) is 0.170. The van der Waals surface area contributed by atoms with E-state index in [0.29, 0.717) is 37.5 Å². The third-order valence-electron chi connectivity index (χ3n) is 5.67. The highest BCUT2D eigenvalue weighted by molar-refractivity contribution is 7.81. The Morgan fingerprint density at radius 1 is 1.21 bits per heavy atom. The molecule has 3 aromatic heterocycles. The number of rotatable bonds is 6. The molecule has 0 spiro atoms. The van der Waals surface area contributed by atoms with Gasteiger partial charge in [-0.15, -0.1) is 0 Å². The van der Waals surface area contributed by atoms with E-state index in [-0.39, 0.29) is 23.4 Å². The van der Waals surface area contributed by atoms with E-state index < -0.39 is 22.7 Å². The molecule has 3 aromatic rings. The van der Waals surface area contributed by atoms with Gasteiger partial charge in [0.2, 0.25) is 11.8 Å². The third kappa shape index (κ3) is 5.04. The molecular weight excluding hydrogens is 471 g/mol. The van der Waals surface area contributed by atoms with E-state index in [0.717, 1.165) is 11.8 Å². The Bertz CT molecular complexity index is 1190. The molecule has 9 nitrogen and oxygen atoms in total. The summed E-state index contributed by atoms with van der Waals surface area (Å²) in [4.78, 5) is 16.4. The van der Waals surface area contributed by atoms with Gasteiger partial charge in [-0.25, -0.2) is 28.5 Å². The summed E-state index contributed by atoms with van der Waals surface area (Å²) in [7, 11) is 0.449. The second-order valence-electron chi connectivity index (χ2n) is 7.86. The fraction of sp³-hybridized carbons (Fsp3) is 0.429. The molecule has 0 aromatic carbocycles. The average Bonchev–Trinajstić information content (AvgIpc) is 3.29. The molecule has 1 aliphatic rings. The highest BCUT2D eigenvalue weighted by Crippen LogP contribution is 2.36.